The van der Waals surface area contributed by atoms with Crippen LogP contribution in [-0.2, 0) is 20.8 Å². The van der Waals surface area contributed by atoms with Crippen LogP contribution >= 0.6 is 0 Å². The van der Waals surface area contributed by atoms with Crippen molar-refractivity contribution in [3.8, 4) is 0 Å². The number of nitrogens with zero attached hydrogens (tertiary/aromatic N) is 1. The van der Waals surface area contributed by atoms with Gasteiger partial charge in [0, 0.05) is 44.7 Å². The van der Waals surface area contributed by atoms with Crippen LogP contribution < -0.4 is 21.3 Å². The zero-order valence-electron chi connectivity index (χ0n) is 24.7. The quantitative estimate of drug-likeness (QED) is 0.413. The van der Waals surface area contributed by atoms with Crippen molar-refractivity contribution in [1.29, 1.82) is 0 Å². The molecule has 0 aromatic heterocycles. The highest BCUT2D eigenvalue weighted by molar-refractivity contribution is 5.90. The molecule has 40 heavy (non-hydrogen) atoms. The van der Waals surface area contributed by atoms with E-state index in [4.69, 9.17) is 0 Å². The van der Waals surface area contributed by atoms with Gasteiger partial charge in [-0.1, -0.05) is 31.9 Å². The molecule has 3 aliphatic rings. The Morgan fingerprint density at radius 2 is 1.70 bits per heavy atom. The first-order chi connectivity index (χ1) is 19.0. The lowest BCUT2D eigenvalue weighted by Gasteiger charge is -2.48. The molecule has 222 valence electrons. The Bertz CT molecular complexity index is 1020. The number of benzene rings is 1. The molecule has 3 fully saturated rings. The Hall–Kier alpha value is -2.52. The Morgan fingerprint density at radius 3 is 2.27 bits per heavy atom. The van der Waals surface area contributed by atoms with E-state index < -0.39 is 17.5 Å². The van der Waals surface area contributed by atoms with Gasteiger partial charge in [0.05, 0.1) is 11.5 Å². The van der Waals surface area contributed by atoms with E-state index in [0.717, 1.165) is 37.8 Å². The molecule has 1 saturated carbocycles. The van der Waals surface area contributed by atoms with Gasteiger partial charge in [0.15, 0.2) is 0 Å². The molecule has 0 bridgehead atoms. The van der Waals surface area contributed by atoms with Crippen LogP contribution in [0.15, 0.2) is 24.3 Å². The molecule has 1 aromatic carbocycles. The molecule has 0 radical (unpaired) electrons. The largest absolute Gasteiger partial charge is 0.351 e. The summed E-state index contributed by atoms with van der Waals surface area (Å²) in [6, 6.07) is 4.88. The molecule has 0 unspecified atom stereocenters. The minimum atomic E-state index is -0.770. The summed E-state index contributed by atoms with van der Waals surface area (Å²) in [5.74, 6) is 0.390. The maximum atomic E-state index is 13.9. The predicted molar refractivity (Wildman–Crippen MR) is 154 cm³/mol. The van der Waals surface area contributed by atoms with Gasteiger partial charge in [-0.15, -0.1) is 0 Å². The third kappa shape index (κ3) is 7.60. The van der Waals surface area contributed by atoms with Crippen LogP contribution in [0.25, 0.3) is 0 Å². The Kier molecular flexibility index (Phi) is 9.88. The van der Waals surface area contributed by atoms with Crippen molar-refractivity contribution in [2.24, 2.45) is 17.3 Å². The highest BCUT2D eigenvalue weighted by Gasteiger charge is 2.49. The summed E-state index contributed by atoms with van der Waals surface area (Å²) in [5.41, 5.74) is -0.0367. The predicted octanol–water partition coefficient (Wildman–Crippen LogP) is 2.76. The molecule has 8 nitrogen and oxygen atoms in total. The first kappa shape index (κ1) is 30.4. The first-order valence-electron chi connectivity index (χ1n) is 15.1. The van der Waals surface area contributed by atoms with Gasteiger partial charge in [-0.25, -0.2) is 4.39 Å². The normalized spacial score (nSPS) is 26.0. The van der Waals surface area contributed by atoms with Gasteiger partial charge in [-0.3, -0.25) is 14.4 Å². The highest BCUT2D eigenvalue weighted by Crippen LogP contribution is 2.47. The molecule has 9 heteroatoms. The fraction of sp³-hybridized carbons (Fsp3) is 0.710. The number of amides is 3. The lowest BCUT2D eigenvalue weighted by molar-refractivity contribution is -0.147. The maximum absolute atomic E-state index is 13.9. The second kappa shape index (κ2) is 13.0. The van der Waals surface area contributed by atoms with Crippen molar-refractivity contribution >= 4 is 17.7 Å². The van der Waals surface area contributed by atoms with Crippen LogP contribution in [-0.4, -0.2) is 73.0 Å². The fourth-order valence-electron chi connectivity index (χ4n) is 6.61. The summed E-state index contributed by atoms with van der Waals surface area (Å²) in [7, 11) is 0. The van der Waals surface area contributed by atoms with E-state index in [2.05, 4.69) is 28.2 Å². The van der Waals surface area contributed by atoms with E-state index in [1.165, 1.54) is 12.1 Å². The standard InChI is InChI=1S/C31H48FN5O3/c1-21-5-9-23(10-6-21)31(29(40)36-30(2,3)4)13-17-37(18-14-31)28(39)25(19-22-7-11-24(32)12-8-22)35-27(38)26-20-33-15-16-34-26/h7-8,11-12,21,23,25-26,33-34H,5-6,9-10,13-20H2,1-4H3,(H,35,38)(H,36,40)/t21?,23?,25-,26+/m1/s1. The highest BCUT2D eigenvalue weighted by atomic mass is 19.1. The van der Waals surface area contributed by atoms with Crippen LogP contribution in [0.3, 0.4) is 0 Å². The van der Waals surface area contributed by atoms with E-state index in [9.17, 15) is 18.8 Å². The average molecular weight is 558 g/mol. The number of piperidine rings is 1. The number of carbonyl (C=O) groups excluding carboxylic acids is 3. The van der Waals surface area contributed by atoms with Crippen LogP contribution in [0.2, 0.25) is 0 Å². The molecule has 2 heterocycles. The Morgan fingerprint density at radius 1 is 1.05 bits per heavy atom. The van der Waals surface area contributed by atoms with Crippen molar-refractivity contribution in [3.05, 3.63) is 35.6 Å². The number of likely N-dealkylation sites (tertiary alicyclic amines) is 1. The van der Waals surface area contributed by atoms with Crippen LogP contribution in [0.4, 0.5) is 4.39 Å². The zero-order valence-corrected chi connectivity index (χ0v) is 24.7. The van der Waals surface area contributed by atoms with Crippen molar-refractivity contribution in [1.82, 2.24) is 26.2 Å². The fourth-order valence-corrected chi connectivity index (χ4v) is 6.61. The third-order valence-electron chi connectivity index (χ3n) is 9.03. The topological polar surface area (TPSA) is 103 Å². The smallest absolute Gasteiger partial charge is 0.245 e. The minimum absolute atomic E-state index is 0.110. The maximum Gasteiger partial charge on any atom is 0.245 e. The van der Waals surface area contributed by atoms with Crippen molar-refractivity contribution in [3.63, 3.8) is 0 Å². The Labute approximate surface area is 238 Å². The van der Waals surface area contributed by atoms with Gasteiger partial charge in [0.1, 0.15) is 11.9 Å². The molecule has 4 N–H and O–H groups in total. The summed E-state index contributed by atoms with van der Waals surface area (Å²) in [5, 5.41) is 12.7. The van der Waals surface area contributed by atoms with Crippen molar-refractivity contribution in [2.45, 2.75) is 90.3 Å². The van der Waals surface area contributed by atoms with E-state index >= 15 is 0 Å². The number of nitrogens with one attached hydrogen (secondary N) is 4. The SMILES string of the molecule is CC1CCC(C2(C(=O)NC(C)(C)C)CCN(C(=O)[C@@H](Cc3ccc(F)cc3)NC(=O)[C@@H]3CNCCN3)CC2)CC1. The van der Waals surface area contributed by atoms with Crippen LogP contribution in [0.1, 0.15) is 71.8 Å². The molecule has 2 saturated heterocycles. The van der Waals surface area contributed by atoms with Gasteiger partial charge in [0.2, 0.25) is 17.7 Å². The lowest BCUT2D eigenvalue weighted by atomic mass is 9.62. The Balaban J connectivity index is 1.50. The van der Waals surface area contributed by atoms with Gasteiger partial charge in [-0.2, -0.15) is 0 Å². The van der Waals surface area contributed by atoms with Crippen LogP contribution in [0, 0.1) is 23.1 Å². The summed E-state index contributed by atoms with van der Waals surface area (Å²) in [4.78, 5) is 42.6. The zero-order chi connectivity index (χ0) is 28.9. The second-order valence-electron chi connectivity index (χ2n) is 13.2. The van der Waals surface area contributed by atoms with Gasteiger partial charge >= 0.3 is 0 Å². The minimum Gasteiger partial charge on any atom is -0.351 e. The van der Waals surface area contributed by atoms with Gasteiger partial charge in [0.25, 0.3) is 0 Å². The van der Waals surface area contributed by atoms with E-state index in [0.29, 0.717) is 50.9 Å². The molecule has 2 aliphatic heterocycles. The number of hydrogen-bond acceptors (Lipinski definition) is 5. The lowest BCUT2D eigenvalue weighted by Crippen LogP contribution is -2.61. The average Bonchev–Trinajstić information content (AvgIpc) is 2.93. The van der Waals surface area contributed by atoms with E-state index in [1.54, 1.807) is 12.1 Å². The summed E-state index contributed by atoms with van der Waals surface area (Å²) in [6.45, 7) is 11.2. The van der Waals surface area contributed by atoms with Gasteiger partial charge in [-0.05, 0) is 76.0 Å². The number of halogens is 1. The molecule has 4 rings (SSSR count). The summed E-state index contributed by atoms with van der Waals surface area (Å²) < 4.78 is 13.5. The molecule has 3 amide bonds. The molecular weight excluding hydrogens is 509 g/mol. The molecular formula is C31H48FN5O3. The molecule has 0 spiro atoms. The number of hydrogen-bond donors (Lipinski definition) is 4. The molecule has 1 aromatic rings. The summed E-state index contributed by atoms with van der Waals surface area (Å²) >= 11 is 0. The second-order valence-corrected chi connectivity index (χ2v) is 13.2. The van der Waals surface area contributed by atoms with Crippen molar-refractivity contribution in [2.75, 3.05) is 32.7 Å². The summed E-state index contributed by atoms with van der Waals surface area (Å²) in [6.07, 6.45) is 5.85. The number of carbonyl (C=O) groups is 3. The number of piperazine rings is 1. The molecule has 2 atom stereocenters. The molecule has 1 aliphatic carbocycles. The monoisotopic (exact) mass is 557 g/mol. The van der Waals surface area contributed by atoms with E-state index in [-0.39, 0.29) is 35.5 Å². The third-order valence-corrected chi connectivity index (χ3v) is 9.03. The van der Waals surface area contributed by atoms with E-state index in [1.807, 2.05) is 25.7 Å². The van der Waals surface area contributed by atoms with Crippen LogP contribution in [0.5, 0.6) is 0 Å². The number of rotatable bonds is 7. The van der Waals surface area contributed by atoms with Crippen molar-refractivity contribution < 1.29 is 18.8 Å². The van der Waals surface area contributed by atoms with Gasteiger partial charge < -0.3 is 26.2 Å². The first-order valence-corrected chi connectivity index (χ1v) is 15.1.